The van der Waals surface area contributed by atoms with E-state index in [2.05, 4.69) is 0 Å². The van der Waals surface area contributed by atoms with Crippen LogP contribution < -0.4 is 19.1 Å². The Labute approximate surface area is 158 Å². The zero-order chi connectivity index (χ0) is 19.2. The minimum absolute atomic E-state index is 0.0262. The van der Waals surface area contributed by atoms with Crippen LogP contribution in [-0.4, -0.2) is 39.1 Å². The number of methoxy groups -OCH3 is 2. The number of hydrogen-bond donors (Lipinski definition) is 0. The minimum atomic E-state index is -0.424. The van der Waals surface area contributed by atoms with Crippen LogP contribution in [-0.2, 0) is 9.59 Å². The van der Waals surface area contributed by atoms with E-state index >= 15 is 0 Å². The standard InChI is InChI=1S/C21H23NO5/c1-25-16-7-5-15(6-8-16)22-20(14-23)19(21(22)24)4-3-13-27-18-11-9-17(26-2)10-12-18/h5-12,14,19-20H,3-4,13H2,1-2H3/t19-,20-/m1/s1. The van der Waals surface area contributed by atoms with Crippen LogP contribution in [0.4, 0.5) is 5.69 Å². The van der Waals surface area contributed by atoms with Crippen molar-refractivity contribution in [3.63, 3.8) is 0 Å². The summed E-state index contributed by atoms with van der Waals surface area (Å²) in [6.45, 7) is 0.490. The average Bonchev–Trinajstić information content (AvgIpc) is 2.72. The Kier molecular flexibility index (Phi) is 5.96. The summed E-state index contributed by atoms with van der Waals surface area (Å²) in [5.74, 6) is 1.92. The summed E-state index contributed by atoms with van der Waals surface area (Å²) >= 11 is 0. The molecule has 2 atom stereocenters. The van der Waals surface area contributed by atoms with Crippen LogP contribution in [0.25, 0.3) is 0 Å². The van der Waals surface area contributed by atoms with Crippen LogP contribution in [0.1, 0.15) is 12.8 Å². The largest absolute Gasteiger partial charge is 0.497 e. The highest BCUT2D eigenvalue weighted by atomic mass is 16.5. The van der Waals surface area contributed by atoms with Gasteiger partial charge in [-0.1, -0.05) is 0 Å². The summed E-state index contributed by atoms with van der Waals surface area (Å²) in [5.41, 5.74) is 0.712. The van der Waals surface area contributed by atoms with Gasteiger partial charge in [-0.3, -0.25) is 4.79 Å². The van der Waals surface area contributed by atoms with E-state index in [1.54, 1.807) is 43.4 Å². The fraction of sp³-hybridized carbons (Fsp3) is 0.333. The van der Waals surface area contributed by atoms with Crippen LogP contribution in [0.3, 0.4) is 0 Å². The van der Waals surface area contributed by atoms with Gasteiger partial charge in [0, 0.05) is 5.69 Å². The van der Waals surface area contributed by atoms with Crippen LogP contribution >= 0.6 is 0 Å². The van der Waals surface area contributed by atoms with Crippen molar-refractivity contribution in [3.8, 4) is 17.2 Å². The Hall–Kier alpha value is -3.02. The van der Waals surface area contributed by atoms with Crippen LogP contribution in [0.2, 0.25) is 0 Å². The van der Waals surface area contributed by atoms with Gasteiger partial charge in [-0.2, -0.15) is 0 Å². The topological polar surface area (TPSA) is 65.1 Å². The molecule has 6 heteroatoms. The number of nitrogens with zero attached hydrogens (tertiary/aromatic N) is 1. The van der Waals surface area contributed by atoms with Crippen LogP contribution in [0, 0.1) is 5.92 Å². The summed E-state index contributed by atoms with van der Waals surface area (Å²) in [6, 6.07) is 14.1. The predicted octanol–water partition coefficient (Wildman–Crippen LogP) is 3.09. The zero-order valence-corrected chi connectivity index (χ0v) is 15.5. The molecule has 1 saturated heterocycles. The highest BCUT2D eigenvalue weighted by molar-refractivity contribution is 6.08. The highest BCUT2D eigenvalue weighted by Crippen LogP contribution is 2.35. The molecule has 2 aromatic rings. The van der Waals surface area contributed by atoms with Gasteiger partial charge >= 0.3 is 0 Å². The van der Waals surface area contributed by atoms with Crippen molar-refractivity contribution in [1.29, 1.82) is 0 Å². The second kappa shape index (κ2) is 8.58. The number of carbonyl (C=O) groups excluding carboxylic acids is 2. The lowest BCUT2D eigenvalue weighted by molar-refractivity contribution is -0.134. The second-order valence-corrected chi connectivity index (χ2v) is 6.31. The highest BCUT2D eigenvalue weighted by Gasteiger charge is 2.47. The Bertz CT molecular complexity index is 772. The molecule has 1 amide bonds. The van der Waals surface area contributed by atoms with E-state index in [4.69, 9.17) is 14.2 Å². The normalized spacial score (nSPS) is 18.6. The Morgan fingerprint density at radius 2 is 1.48 bits per heavy atom. The summed E-state index contributed by atoms with van der Waals surface area (Å²) in [6.07, 6.45) is 2.16. The van der Waals surface area contributed by atoms with Gasteiger partial charge in [0.15, 0.2) is 0 Å². The molecular weight excluding hydrogens is 346 g/mol. The first-order valence-corrected chi connectivity index (χ1v) is 8.87. The van der Waals surface area contributed by atoms with E-state index in [-0.39, 0.29) is 11.8 Å². The molecule has 27 heavy (non-hydrogen) atoms. The second-order valence-electron chi connectivity index (χ2n) is 6.31. The molecule has 0 radical (unpaired) electrons. The van der Waals surface area contributed by atoms with Crippen molar-refractivity contribution in [2.24, 2.45) is 5.92 Å². The maximum Gasteiger partial charge on any atom is 0.233 e. The molecule has 0 saturated carbocycles. The Balaban J connectivity index is 1.50. The van der Waals surface area contributed by atoms with Crippen molar-refractivity contribution in [2.75, 3.05) is 25.7 Å². The molecule has 1 aliphatic rings. The molecule has 0 aliphatic carbocycles. The van der Waals surface area contributed by atoms with E-state index < -0.39 is 6.04 Å². The number of carbonyl (C=O) groups is 2. The van der Waals surface area contributed by atoms with E-state index in [0.29, 0.717) is 30.9 Å². The Morgan fingerprint density at radius 1 is 0.926 bits per heavy atom. The van der Waals surface area contributed by atoms with Gasteiger partial charge in [0.1, 0.15) is 29.6 Å². The van der Waals surface area contributed by atoms with E-state index in [1.807, 2.05) is 24.3 Å². The number of benzene rings is 2. The first-order valence-electron chi connectivity index (χ1n) is 8.87. The third kappa shape index (κ3) is 4.05. The number of hydrogen-bond acceptors (Lipinski definition) is 5. The van der Waals surface area contributed by atoms with E-state index in [9.17, 15) is 9.59 Å². The SMILES string of the molecule is COc1ccc(OCCC[C@H]2C(=O)N(c3ccc(OC)cc3)[C@@H]2C=O)cc1. The number of anilines is 1. The third-order valence-corrected chi connectivity index (χ3v) is 4.74. The molecule has 142 valence electrons. The maximum absolute atomic E-state index is 12.5. The molecule has 0 bridgehead atoms. The summed E-state index contributed by atoms with van der Waals surface area (Å²) in [5, 5.41) is 0. The van der Waals surface area contributed by atoms with Crippen LogP contribution in [0.15, 0.2) is 48.5 Å². The molecule has 1 aliphatic heterocycles. The lowest BCUT2D eigenvalue weighted by Crippen LogP contribution is -2.62. The molecule has 1 fully saturated rings. The van der Waals surface area contributed by atoms with Gasteiger partial charge in [-0.25, -0.2) is 0 Å². The van der Waals surface area contributed by atoms with Crippen molar-refractivity contribution in [2.45, 2.75) is 18.9 Å². The van der Waals surface area contributed by atoms with Crippen molar-refractivity contribution in [1.82, 2.24) is 0 Å². The molecule has 0 unspecified atom stereocenters. The number of β-lactam (4-membered cyclic amide) rings is 1. The van der Waals surface area contributed by atoms with Gasteiger partial charge in [0.2, 0.25) is 5.91 Å². The molecule has 0 aromatic heterocycles. The smallest absolute Gasteiger partial charge is 0.233 e. The van der Waals surface area contributed by atoms with Gasteiger partial charge in [0.05, 0.1) is 26.7 Å². The zero-order valence-electron chi connectivity index (χ0n) is 15.5. The van der Waals surface area contributed by atoms with Crippen LogP contribution in [0.5, 0.6) is 17.2 Å². The third-order valence-electron chi connectivity index (χ3n) is 4.74. The molecule has 1 heterocycles. The molecule has 0 N–H and O–H groups in total. The minimum Gasteiger partial charge on any atom is -0.497 e. The monoisotopic (exact) mass is 369 g/mol. The first kappa shape index (κ1) is 18.8. The number of aldehydes is 1. The summed E-state index contributed by atoms with van der Waals surface area (Å²) in [4.78, 5) is 25.5. The molecule has 3 rings (SSSR count). The fourth-order valence-electron chi connectivity index (χ4n) is 3.23. The number of amides is 1. The Morgan fingerprint density at radius 3 is 2.04 bits per heavy atom. The molecule has 0 spiro atoms. The molecule has 6 nitrogen and oxygen atoms in total. The predicted molar refractivity (Wildman–Crippen MR) is 102 cm³/mol. The number of rotatable bonds is 9. The fourth-order valence-corrected chi connectivity index (χ4v) is 3.23. The van der Waals surface area contributed by atoms with Gasteiger partial charge in [-0.15, -0.1) is 0 Å². The van der Waals surface area contributed by atoms with Gasteiger partial charge in [0.25, 0.3) is 0 Å². The quantitative estimate of drug-likeness (QED) is 0.386. The van der Waals surface area contributed by atoms with Gasteiger partial charge < -0.3 is 23.9 Å². The van der Waals surface area contributed by atoms with Crippen molar-refractivity contribution >= 4 is 17.9 Å². The van der Waals surface area contributed by atoms with E-state index in [1.165, 1.54) is 0 Å². The van der Waals surface area contributed by atoms with Crippen molar-refractivity contribution < 1.29 is 23.8 Å². The summed E-state index contributed by atoms with van der Waals surface area (Å²) in [7, 11) is 3.20. The first-order chi connectivity index (χ1) is 13.2. The lowest BCUT2D eigenvalue weighted by Gasteiger charge is -2.44. The maximum atomic E-state index is 12.5. The van der Waals surface area contributed by atoms with Crippen molar-refractivity contribution in [3.05, 3.63) is 48.5 Å². The molecule has 2 aromatic carbocycles. The van der Waals surface area contributed by atoms with Gasteiger partial charge in [-0.05, 0) is 61.4 Å². The number of ether oxygens (including phenoxy) is 3. The summed E-state index contributed by atoms with van der Waals surface area (Å²) < 4.78 is 15.9. The lowest BCUT2D eigenvalue weighted by atomic mass is 9.84. The molecular formula is C21H23NO5. The average molecular weight is 369 g/mol. The van der Waals surface area contributed by atoms with E-state index in [0.717, 1.165) is 17.8 Å².